The SMILES string of the molecule is COC(C)CNC(=O)N(C)C(C)(C)C(=O)O. The van der Waals surface area contributed by atoms with E-state index in [1.807, 2.05) is 6.92 Å². The third kappa shape index (κ3) is 3.69. The van der Waals surface area contributed by atoms with Crippen LogP contribution in [0.3, 0.4) is 0 Å². The van der Waals surface area contributed by atoms with Gasteiger partial charge in [-0.25, -0.2) is 9.59 Å². The number of urea groups is 1. The topological polar surface area (TPSA) is 78.9 Å². The molecule has 6 nitrogen and oxygen atoms in total. The molecule has 0 saturated heterocycles. The van der Waals surface area contributed by atoms with Crippen LogP contribution in [0.2, 0.25) is 0 Å². The molecule has 0 aromatic heterocycles. The Morgan fingerprint density at radius 2 is 2.00 bits per heavy atom. The van der Waals surface area contributed by atoms with Crippen LogP contribution >= 0.6 is 0 Å². The highest BCUT2D eigenvalue weighted by Crippen LogP contribution is 2.12. The van der Waals surface area contributed by atoms with E-state index in [0.29, 0.717) is 6.54 Å². The van der Waals surface area contributed by atoms with Crippen LogP contribution in [0.15, 0.2) is 0 Å². The summed E-state index contributed by atoms with van der Waals surface area (Å²) in [4.78, 5) is 23.7. The number of rotatable bonds is 5. The van der Waals surface area contributed by atoms with E-state index in [9.17, 15) is 9.59 Å². The number of amides is 2. The summed E-state index contributed by atoms with van der Waals surface area (Å²) in [5.41, 5.74) is -1.24. The maximum atomic E-state index is 11.6. The van der Waals surface area contributed by atoms with E-state index in [4.69, 9.17) is 9.84 Å². The van der Waals surface area contributed by atoms with Crippen molar-refractivity contribution < 1.29 is 19.4 Å². The van der Waals surface area contributed by atoms with Crippen molar-refractivity contribution in [1.29, 1.82) is 0 Å². The summed E-state index contributed by atoms with van der Waals surface area (Å²) in [7, 11) is 2.99. The molecule has 0 rings (SSSR count). The molecule has 0 aromatic carbocycles. The van der Waals surface area contributed by atoms with E-state index in [2.05, 4.69) is 5.32 Å². The van der Waals surface area contributed by atoms with Gasteiger partial charge in [-0.3, -0.25) is 0 Å². The molecule has 1 atom stereocenters. The Bertz CT molecular complexity index is 266. The van der Waals surface area contributed by atoms with Gasteiger partial charge in [0.1, 0.15) is 5.54 Å². The van der Waals surface area contributed by atoms with Gasteiger partial charge in [0, 0.05) is 20.7 Å². The number of likely N-dealkylation sites (N-methyl/N-ethyl adjacent to an activating group) is 1. The third-order valence-corrected chi connectivity index (χ3v) is 2.61. The molecule has 2 N–H and O–H groups in total. The van der Waals surface area contributed by atoms with Crippen LogP contribution in [-0.4, -0.2) is 54.4 Å². The van der Waals surface area contributed by atoms with E-state index >= 15 is 0 Å². The number of carboxylic acids is 1. The number of nitrogens with one attached hydrogen (secondary N) is 1. The van der Waals surface area contributed by atoms with Gasteiger partial charge in [0.15, 0.2) is 0 Å². The fraction of sp³-hybridized carbons (Fsp3) is 0.800. The van der Waals surface area contributed by atoms with Crippen molar-refractivity contribution >= 4 is 12.0 Å². The Kier molecular flexibility index (Phi) is 5.23. The van der Waals surface area contributed by atoms with Crippen molar-refractivity contribution in [1.82, 2.24) is 10.2 Å². The van der Waals surface area contributed by atoms with Gasteiger partial charge in [-0.1, -0.05) is 0 Å². The van der Waals surface area contributed by atoms with Crippen LogP contribution in [0.4, 0.5) is 4.79 Å². The van der Waals surface area contributed by atoms with E-state index in [1.54, 1.807) is 7.11 Å². The van der Waals surface area contributed by atoms with Crippen molar-refractivity contribution in [3.05, 3.63) is 0 Å². The molecule has 0 bridgehead atoms. The highest BCUT2D eigenvalue weighted by Gasteiger charge is 2.35. The molecule has 2 amide bonds. The number of ether oxygens (including phenoxy) is 1. The number of hydrogen-bond acceptors (Lipinski definition) is 3. The normalized spacial score (nSPS) is 13.1. The molecule has 0 fully saturated rings. The maximum Gasteiger partial charge on any atom is 0.329 e. The van der Waals surface area contributed by atoms with Crippen molar-refractivity contribution in [2.24, 2.45) is 0 Å². The molecule has 0 radical (unpaired) electrons. The first-order valence-electron chi connectivity index (χ1n) is 5.01. The molecule has 0 heterocycles. The van der Waals surface area contributed by atoms with Crippen molar-refractivity contribution in [2.75, 3.05) is 20.7 Å². The number of nitrogens with zero attached hydrogens (tertiary/aromatic N) is 1. The zero-order valence-electron chi connectivity index (χ0n) is 10.4. The predicted molar refractivity (Wildman–Crippen MR) is 59.3 cm³/mol. The van der Waals surface area contributed by atoms with Crippen molar-refractivity contribution in [3.8, 4) is 0 Å². The summed E-state index contributed by atoms with van der Waals surface area (Å²) < 4.78 is 4.96. The zero-order chi connectivity index (χ0) is 12.9. The molecule has 16 heavy (non-hydrogen) atoms. The molecule has 0 aromatic rings. The highest BCUT2D eigenvalue weighted by molar-refractivity contribution is 5.85. The lowest BCUT2D eigenvalue weighted by Gasteiger charge is -2.31. The first-order chi connectivity index (χ1) is 7.23. The largest absolute Gasteiger partial charge is 0.480 e. The lowest BCUT2D eigenvalue weighted by molar-refractivity contribution is -0.146. The van der Waals surface area contributed by atoms with E-state index in [-0.39, 0.29) is 6.10 Å². The minimum Gasteiger partial charge on any atom is -0.480 e. The molecule has 0 spiro atoms. The summed E-state index contributed by atoms with van der Waals surface area (Å²) in [6.07, 6.45) is -0.106. The number of aliphatic carboxylic acids is 1. The van der Waals surface area contributed by atoms with Crippen molar-refractivity contribution in [3.63, 3.8) is 0 Å². The fourth-order valence-corrected chi connectivity index (χ4v) is 0.830. The Morgan fingerprint density at radius 1 is 1.50 bits per heavy atom. The average molecular weight is 232 g/mol. The minimum atomic E-state index is -1.24. The lowest BCUT2D eigenvalue weighted by atomic mass is 10.1. The second-order valence-corrected chi connectivity index (χ2v) is 4.16. The summed E-state index contributed by atoms with van der Waals surface area (Å²) in [6.45, 7) is 5.08. The minimum absolute atomic E-state index is 0.106. The van der Waals surface area contributed by atoms with Gasteiger partial charge >= 0.3 is 12.0 Å². The van der Waals surface area contributed by atoms with E-state index in [1.165, 1.54) is 20.9 Å². The van der Waals surface area contributed by atoms with E-state index < -0.39 is 17.5 Å². The highest BCUT2D eigenvalue weighted by atomic mass is 16.5. The molecule has 1 unspecified atom stereocenters. The Hall–Kier alpha value is -1.30. The Morgan fingerprint density at radius 3 is 2.38 bits per heavy atom. The van der Waals surface area contributed by atoms with Gasteiger partial charge in [-0.2, -0.15) is 0 Å². The first-order valence-corrected chi connectivity index (χ1v) is 5.01. The average Bonchev–Trinajstić information content (AvgIpc) is 2.23. The quantitative estimate of drug-likeness (QED) is 0.724. The lowest BCUT2D eigenvalue weighted by Crippen LogP contribution is -2.54. The van der Waals surface area contributed by atoms with Gasteiger partial charge in [0.2, 0.25) is 0 Å². The van der Waals surface area contributed by atoms with Crippen molar-refractivity contribution in [2.45, 2.75) is 32.4 Å². The predicted octanol–water partition coefficient (Wildman–Crippen LogP) is 0.526. The van der Waals surface area contributed by atoms with Gasteiger partial charge in [-0.05, 0) is 20.8 Å². The molecule has 0 aliphatic carbocycles. The van der Waals surface area contributed by atoms with Crippen LogP contribution in [-0.2, 0) is 9.53 Å². The molecule has 0 saturated carbocycles. The molecule has 0 aliphatic heterocycles. The number of hydrogen-bond donors (Lipinski definition) is 2. The number of carbonyl (C=O) groups excluding carboxylic acids is 1. The smallest absolute Gasteiger partial charge is 0.329 e. The van der Waals surface area contributed by atoms with Gasteiger partial charge in [-0.15, -0.1) is 0 Å². The Labute approximate surface area is 95.6 Å². The number of carbonyl (C=O) groups is 2. The standard InChI is InChI=1S/C10H20N2O4/c1-7(16-5)6-11-9(15)12(4)10(2,3)8(13)14/h7H,6H2,1-5H3,(H,11,15)(H,13,14). The summed E-state index contributed by atoms with van der Waals surface area (Å²) in [5, 5.41) is 11.5. The monoisotopic (exact) mass is 232 g/mol. The van der Waals surface area contributed by atoms with Gasteiger partial charge in [0.05, 0.1) is 6.10 Å². The molecular formula is C10H20N2O4. The van der Waals surface area contributed by atoms with Gasteiger partial charge < -0.3 is 20.1 Å². The number of methoxy groups -OCH3 is 1. The third-order valence-electron chi connectivity index (χ3n) is 2.61. The first kappa shape index (κ1) is 14.7. The van der Waals surface area contributed by atoms with Gasteiger partial charge in [0.25, 0.3) is 0 Å². The maximum absolute atomic E-state index is 11.6. The van der Waals surface area contributed by atoms with Crippen LogP contribution in [0.25, 0.3) is 0 Å². The molecular weight excluding hydrogens is 212 g/mol. The molecule has 0 aliphatic rings. The second kappa shape index (κ2) is 5.69. The second-order valence-electron chi connectivity index (χ2n) is 4.16. The molecule has 6 heteroatoms. The van der Waals surface area contributed by atoms with Crippen LogP contribution < -0.4 is 5.32 Å². The summed E-state index contributed by atoms with van der Waals surface area (Å²) in [6, 6.07) is -0.434. The summed E-state index contributed by atoms with van der Waals surface area (Å²) in [5.74, 6) is -1.05. The van der Waals surface area contributed by atoms with Crippen LogP contribution in [0.5, 0.6) is 0 Å². The van der Waals surface area contributed by atoms with Crippen LogP contribution in [0.1, 0.15) is 20.8 Å². The van der Waals surface area contributed by atoms with E-state index in [0.717, 1.165) is 4.90 Å². The Balaban J connectivity index is 4.34. The van der Waals surface area contributed by atoms with Crippen LogP contribution in [0, 0.1) is 0 Å². The molecule has 94 valence electrons. The fourth-order valence-electron chi connectivity index (χ4n) is 0.830. The zero-order valence-corrected chi connectivity index (χ0v) is 10.4. The summed E-state index contributed by atoms with van der Waals surface area (Å²) >= 11 is 0. The number of carboxylic acid groups (broad SMARTS) is 1.